The van der Waals surface area contributed by atoms with Crippen LogP contribution in [0.25, 0.3) is 0 Å². The van der Waals surface area contributed by atoms with E-state index in [1.165, 1.54) is 4.90 Å². The second-order valence-corrected chi connectivity index (χ2v) is 13.7. The standard InChI is InChI=1S/C16H22ClNO3.C16H20ClNO3.C2H6.CH4/c2*1-16(2,3)21-15(20)18-10-14(19)9-13(18)8-11-4-6-12(17)7-5-11;1-2;/h4-7,13-14,19H,8-10H2,1-3H3;4-7,13H,8-10H2,1-3H3;1-2H3;1H4/t13-,14-;13-;;/m00../s1/i;;1D;. The van der Waals surface area contributed by atoms with E-state index in [9.17, 15) is 19.5 Å². The molecule has 45 heavy (non-hydrogen) atoms. The predicted molar refractivity (Wildman–Crippen MR) is 182 cm³/mol. The molecular weight excluding hydrogens is 615 g/mol. The summed E-state index contributed by atoms with van der Waals surface area (Å²) in [5, 5.41) is 11.2. The number of carbonyl (C=O) groups is 3. The van der Waals surface area contributed by atoms with Crippen molar-refractivity contribution in [1.82, 2.24) is 9.80 Å². The fourth-order valence-corrected chi connectivity index (χ4v) is 5.14. The zero-order valence-corrected chi connectivity index (χ0v) is 28.5. The van der Waals surface area contributed by atoms with Crippen LogP contribution in [-0.4, -0.2) is 75.4 Å². The topological polar surface area (TPSA) is 96.4 Å². The van der Waals surface area contributed by atoms with E-state index in [0.717, 1.165) is 11.1 Å². The number of likely N-dealkylation sites (tertiary alicyclic amines) is 2. The molecule has 2 aliphatic rings. The highest BCUT2D eigenvalue weighted by atomic mass is 35.5. The first-order chi connectivity index (χ1) is 20.9. The predicted octanol–water partition coefficient (Wildman–Crippen LogP) is 8.38. The lowest BCUT2D eigenvalue weighted by atomic mass is 10.0. The molecule has 2 heterocycles. The molecule has 252 valence electrons. The van der Waals surface area contributed by atoms with Crippen LogP contribution in [0.2, 0.25) is 10.0 Å². The summed E-state index contributed by atoms with van der Waals surface area (Å²) in [4.78, 5) is 39.3. The molecule has 10 heteroatoms. The second kappa shape index (κ2) is 17.8. The number of hydrogen-bond acceptors (Lipinski definition) is 6. The number of amides is 2. The molecule has 8 nitrogen and oxygen atoms in total. The van der Waals surface area contributed by atoms with Crippen molar-refractivity contribution in [2.24, 2.45) is 0 Å². The first-order valence-corrected chi connectivity index (χ1v) is 15.6. The maximum Gasteiger partial charge on any atom is 0.410 e. The molecule has 0 aromatic heterocycles. The van der Waals surface area contributed by atoms with Gasteiger partial charge in [0.05, 0.1) is 19.2 Å². The van der Waals surface area contributed by atoms with Crippen molar-refractivity contribution in [3.63, 3.8) is 0 Å². The summed E-state index contributed by atoms with van der Waals surface area (Å²) in [6.45, 7) is 13.7. The molecule has 2 aromatic rings. The van der Waals surface area contributed by atoms with Gasteiger partial charge in [-0.25, -0.2) is 9.59 Å². The smallest absolute Gasteiger partial charge is 0.410 e. The third kappa shape index (κ3) is 14.0. The van der Waals surface area contributed by atoms with Gasteiger partial charge >= 0.3 is 12.2 Å². The third-order valence-electron chi connectivity index (χ3n) is 6.67. The van der Waals surface area contributed by atoms with Crippen LogP contribution in [0.3, 0.4) is 0 Å². The van der Waals surface area contributed by atoms with Gasteiger partial charge in [0, 0.05) is 29.9 Å². The van der Waals surface area contributed by atoms with E-state index in [1.807, 2.05) is 90.1 Å². The molecule has 0 aliphatic carbocycles. The fourth-order valence-electron chi connectivity index (χ4n) is 4.89. The Morgan fingerprint density at radius 1 is 0.844 bits per heavy atom. The van der Waals surface area contributed by atoms with E-state index < -0.39 is 23.4 Å². The number of rotatable bonds is 4. The Morgan fingerprint density at radius 2 is 1.24 bits per heavy atom. The molecule has 1 N–H and O–H groups in total. The van der Waals surface area contributed by atoms with Crippen molar-refractivity contribution in [3.8, 4) is 0 Å². The average Bonchev–Trinajstić information content (AvgIpc) is 3.47. The van der Waals surface area contributed by atoms with E-state index in [0.29, 0.717) is 49.2 Å². The fraction of sp³-hybridized carbons (Fsp3) is 0.571. The maximum absolute atomic E-state index is 12.2. The summed E-state index contributed by atoms with van der Waals surface area (Å²) in [6, 6.07) is 14.8. The number of hydrogen-bond donors (Lipinski definition) is 1. The van der Waals surface area contributed by atoms with Crippen LogP contribution in [-0.2, 0) is 27.1 Å². The van der Waals surface area contributed by atoms with E-state index in [-0.39, 0.29) is 37.9 Å². The first-order valence-electron chi connectivity index (χ1n) is 15.6. The SMILES string of the molecule is C.CC(C)(C)OC(=O)N1CC(=O)C[C@@H]1Cc1ccc(Cl)cc1.CC(C)(C)OC(=O)N1C[C@@H](O)C[C@@H]1Cc1ccc(Cl)cc1.[2H]CC. The van der Waals surface area contributed by atoms with Crippen molar-refractivity contribution in [1.29, 1.82) is 0 Å². The Bertz CT molecular complexity index is 1250. The van der Waals surface area contributed by atoms with Crippen LogP contribution in [0.15, 0.2) is 48.5 Å². The number of Topliss-reactive ketones (excluding diaryl/α,β-unsaturated/α-hetero) is 1. The summed E-state index contributed by atoms with van der Waals surface area (Å²) < 4.78 is 17.0. The van der Waals surface area contributed by atoms with Crippen LogP contribution in [0.5, 0.6) is 0 Å². The average molecular weight is 669 g/mol. The Morgan fingerprint density at radius 3 is 1.67 bits per heavy atom. The van der Waals surface area contributed by atoms with Crippen molar-refractivity contribution < 1.29 is 30.3 Å². The number of nitrogens with zero attached hydrogens (tertiary/aromatic N) is 2. The zero-order chi connectivity index (χ0) is 33.9. The lowest BCUT2D eigenvalue weighted by Crippen LogP contribution is -2.41. The molecule has 3 atom stereocenters. The van der Waals surface area contributed by atoms with Gasteiger partial charge in [-0.15, -0.1) is 0 Å². The Kier molecular flexibility index (Phi) is 15.2. The molecule has 0 radical (unpaired) electrons. The second-order valence-electron chi connectivity index (χ2n) is 12.8. The zero-order valence-electron chi connectivity index (χ0n) is 27.9. The normalized spacial score (nSPS) is 19.7. The van der Waals surface area contributed by atoms with Gasteiger partial charge in [0.1, 0.15) is 11.2 Å². The summed E-state index contributed by atoms with van der Waals surface area (Å²) in [5.74, 6) is 0.0693. The maximum atomic E-state index is 12.2. The van der Waals surface area contributed by atoms with Gasteiger partial charge in [-0.1, -0.05) is 68.7 Å². The molecule has 0 saturated carbocycles. The summed E-state index contributed by atoms with van der Waals surface area (Å²) >= 11 is 11.7. The highest BCUT2D eigenvalue weighted by molar-refractivity contribution is 6.30. The van der Waals surface area contributed by atoms with Crippen LogP contribution in [0.4, 0.5) is 9.59 Å². The lowest BCUT2D eigenvalue weighted by molar-refractivity contribution is -0.117. The molecule has 2 aliphatic heterocycles. The van der Waals surface area contributed by atoms with Gasteiger partial charge in [-0.3, -0.25) is 9.69 Å². The number of ether oxygens (including phenoxy) is 2. The summed E-state index contributed by atoms with van der Waals surface area (Å²) in [7, 11) is 0. The van der Waals surface area contributed by atoms with E-state index >= 15 is 0 Å². The van der Waals surface area contributed by atoms with Crippen LogP contribution in [0.1, 0.15) is 88.1 Å². The molecule has 2 aromatic carbocycles. The monoisotopic (exact) mass is 667 g/mol. The largest absolute Gasteiger partial charge is 0.444 e. The van der Waals surface area contributed by atoms with Crippen LogP contribution < -0.4 is 0 Å². The van der Waals surface area contributed by atoms with E-state index in [4.69, 9.17) is 34.0 Å². The minimum absolute atomic E-state index is 0. The lowest BCUT2D eigenvalue weighted by Gasteiger charge is -2.28. The number of halogens is 2. The van der Waals surface area contributed by atoms with Crippen molar-refractivity contribution in [3.05, 3.63) is 69.7 Å². The van der Waals surface area contributed by atoms with Gasteiger partial charge in [0.25, 0.3) is 0 Å². The number of aliphatic hydroxyl groups is 1. The summed E-state index contributed by atoms with van der Waals surface area (Å²) in [5.41, 5.74) is 1.04. The molecule has 0 spiro atoms. The van der Waals surface area contributed by atoms with Gasteiger partial charge in [-0.05, 0) is 96.2 Å². The molecule has 2 saturated heterocycles. The highest BCUT2D eigenvalue weighted by Gasteiger charge is 2.37. The van der Waals surface area contributed by atoms with Crippen molar-refractivity contribution in [2.75, 3.05) is 13.1 Å². The quantitative estimate of drug-likeness (QED) is 0.352. The number of ketones is 1. The van der Waals surface area contributed by atoms with Gasteiger partial charge in [0.15, 0.2) is 5.78 Å². The number of β-amino-alcohol motifs (C(OH)–C–C–N with tert-alkyl or cyclic N) is 1. The first kappa shape index (κ1) is 38.4. The van der Waals surface area contributed by atoms with Gasteiger partial charge in [-0.2, -0.15) is 0 Å². The number of benzene rings is 2. The Labute approximate surface area is 281 Å². The van der Waals surface area contributed by atoms with Crippen molar-refractivity contribution >= 4 is 41.2 Å². The molecule has 2 amide bonds. The van der Waals surface area contributed by atoms with Crippen LogP contribution in [0, 0.1) is 0 Å². The molecular formula is C35H52Cl2N2O6. The molecule has 0 unspecified atom stereocenters. The summed E-state index contributed by atoms with van der Waals surface area (Å²) in [6.07, 6.45) is 0.986. The van der Waals surface area contributed by atoms with Crippen LogP contribution >= 0.6 is 23.2 Å². The van der Waals surface area contributed by atoms with Gasteiger partial charge < -0.3 is 19.5 Å². The molecule has 2 fully saturated rings. The van der Waals surface area contributed by atoms with Crippen molar-refractivity contribution in [2.45, 2.75) is 118 Å². The Hall–Kier alpha value is -2.81. The van der Waals surface area contributed by atoms with E-state index in [2.05, 4.69) is 0 Å². The number of carbonyl (C=O) groups excluding carboxylic acids is 3. The van der Waals surface area contributed by atoms with E-state index in [1.54, 1.807) is 11.8 Å². The third-order valence-corrected chi connectivity index (χ3v) is 7.17. The van der Waals surface area contributed by atoms with Gasteiger partial charge in [0.2, 0.25) is 0 Å². The highest BCUT2D eigenvalue weighted by Crippen LogP contribution is 2.25. The minimum Gasteiger partial charge on any atom is -0.444 e. The molecule has 0 bridgehead atoms. The molecule has 4 rings (SSSR count). The minimum atomic E-state index is -0.562. The Balaban J connectivity index is 0.000000415. The number of aliphatic hydroxyl groups excluding tert-OH is 1.